The van der Waals surface area contributed by atoms with Crippen molar-refractivity contribution in [1.82, 2.24) is 20.4 Å². The van der Waals surface area contributed by atoms with E-state index in [0.29, 0.717) is 0 Å². The van der Waals surface area contributed by atoms with Crippen LogP contribution in [0.1, 0.15) is 17.3 Å². The molecule has 0 spiro atoms. The van der Waals surface area contributed by atoms with Crippen molar-refractivity contribution in [3.8, 4) is 0 Å². The van der Waals surface area contributed by atoms with Crippen LogP contribution in [0.3, 0.4) is 0 Å². The number of rotatable bonds is 4. The minimum absolute atomic E-state index is 0.0868. The summed E-state index contributed by atoms with van der Waals surface area (Å²) in [4.78, 5) is 13.1. The fourth-order valence-electron chi connectivity index (χ4n) is 2.14. The number of aromatic nitrogens is 3. The maximum absolute atomic E-state index is 5.66. The highest BCUT2D eigenvalue weighted by Crippen LogP contribution is 2.17. The van der Waals surface area contributed by atoms with Crippen molar-refractivity contribution in [2.45, 2.75) is 12.5 Å². The molecule has 1 aromatic carbocycles. The Morgan fingerprint density at radius 1 is 1.05 bits per heavy atom. The predicted octanol–water partition coefficient (Wildman–Crippen LogP) is 1.77. The molecule has 0 fully saturated rings. The van der Waals surface area contributed by atoms with Crippen LogP contribution in [0.25, 0.3) is 11.0 Å². The van der Waals surface area contributed by atoms with E-state index in [4.69, 9.17) is 5.84 Å². The first-order chi connectivity index (χ1) is 9.86. The van der Waals surface area contributed by atoms with E-state index in [1.807, 2.05) is 42.6 Å². The van der Waals surface area contributed by atoms with Crippen molar-refractivity contribution in [3.05, 3.63) is 66.2 Å². The fourth-order valence-corrected chi connectivity index (χ4v) is 2.14. The molecule has 100 valence electrons. The Morgan fingerprint density at radius 2 is 1.90 bits per heavy atom. The second kappa shape index (κ2) is 5.73. The zero-order valence-corrected chi connectivity index (χ0v) is 10.9. The summed E-state index contributed by atoms with van der Waals surface area (Å²) in [6.07, 6.45) is 6.07. The molecule has 0 saturated carbocycles. The highest BCUT2D eigenvalue weighted by Gasteiger charge is 2.13. The molecular weight excluding hydrogens is 250 g/mol. The van der Waals surface area contributed by atoms with Gasteiger partial charge in [-0.3, -0.25) is 21.2 Å². The number of hydrogen-bond acceptors (Lipinski definition) is 5. The maximum atomic E-state index is 5.66. The number of nitrogens with two attached hydrogens (primary N) is 1. The lowest BCUT2D eigenvalue weighted by Gasteiger charge is -2.15. The molecule has 1 unspecified atom stereocenters. The standard InChI is InChI=1S/C15H15N5/c16-20-14(8-11-4-3-7-17-9-11)15-10-18-12-5-1-2-6-13(12)19-15/h1-7,9-10,14,20H,8,16H2. The first-order valence-electron chi connectivity index (χ1n) is 6.43. The number of hydrazine groups is 1. The molecule has 0 aliphatic rings. The SMILES string of the molecule is NNC(Cc1cccnc1)c1cnc2ccccc2n1. The lowest BCUT2D eigenvalue weighted by Crippen LogP contribution is -2.30. The number of para-hydroxylation sites is 2. The average molecular weight is 265 g/mol. The molecule has 0 saturated heterocycles. The van der Waals surface area contributed by atoms with E-state index in [0.717, 1.165) is 28.7 Å². The van der Waals surface area contributed by atoms with E-state index in [-0.39, 0.29) is 6.04 Å². The Balaban J connectivity index is 1.91. The molecule has 0 bridgehead atoms. The molecule has 3 rings (SSSR count). The highest BCUT2D eigenvalue weighted by atomic mass is 15.2. The molecule has 3 N–H and O–H groups in total. The van der Waals surface area contributed by atoms with E-state index < -0.39 is 0 Å². The number of fused-ring (bicyclic) bond motifs is 1. The minimum atomic E-state index is -0.0868. The summed E-state index contributed by atoms with van der Waals surface area (Å²) in [5.74, 6) is 5.66. The van der Waals surface area contributed by atoms with Gasteiger partial charge in [-0.25, -0.2) is 4.98 Å². The zero-order chi connectivity index (χ0) is 13.8. The Kier molecular flexibility index (Phi) is 3.62. The summed E-state index contributed by atoms with van der Waals surface area (Å²) in [7, 11) is 0. The smallest absolute Gasteiger partial charge is 0.0890 e. The van der Waals surface area contributed by atoms with Crippen LogP contribution in [0.2, 0.25) is 0 Å². The van der Waals surface area contributed by atoms with Crippen LogP contribution in [-0.4, -0.2) is 15.0 Å². The van der Waals surface area contributed by atoms with Gasteiger partial charge in [0.05, 0.1) is 29.0 Å². The molecule has 0 radical (unpaired) electrons. The number of hydrogen-bond donors (Lipinski definition) is 2. The summed E-state index contributed by atoms with van der Waals surface area (Å²) in [5, 5.41) is 0. The van der Waals surface area contributed by atoms with E-state index in [9.17, 15) is 0 Å². The van der Waals surface area contributed by atoms with Crippen LogP contribution in [0.5, 0.6) is 0 Å². The van der Waals surface area contributed by atoms with Gasteiger partial charge >= 0.3 is 0 Å². The van der Waals surface area contributed by atoms with Gasteiger partial charge < -0.3 is 0 Å². The van der Waals surface area contributed by atoms with Gasteiger partial charge in [-0.2, -0.15) is 0 Å². The van der Waals surface area contributed by atoms with Gasteiger partial charge in [-0.1, -0.05) is 18.2 Å². The van der Waals surface area contributed by atoms with Gasteiger partial charge in [0.1, 0.15) is 0 Å². The van der Waals surface area contributed by atoms with Gasteiger partial charge in [0.25, 0.3) is 0 Å². The van der Waals surface area contributed by atoms with Gasteiger partial charge in [-0.05, 0) is 30.2 Å². The molecule has 0 aliphatic heterocycles. The lowest BCUT2D eigenvalue weighted by atomic mass is 10.1. The third kappa shape index (κ3) is 2.64. The van der Waals surface area contributed by atoms with Crippen molar-refractivity contribution >= 4 is 11.0 Å². The van der Waals surface area contributed by atoms with Gasteiger partial charge in [0.15, 0.2) is 0 Å². The molecule has 3 aromatic rings. The largest absolute Gasteiger partial charge is 0.271 e. The lowest BCUT2D eigenvalue weighted by molar-refractivity contribution is 0.537. The number of pyridine rings is 1. The molecule has 1 atom stereocenters. The Bertz CT molecular complexity index is 699. The first kappa shape index (κ1) is 12.7. The van der Waals surface area contributed by atoms with Gasteiger partial charge in [0.2, 0.25) is 0 Å². The van der Waals surface area contributed by atoms with E-state index in [1.54, 1.807) is 12.4 Å². The second-order valence-electron chi connectivity index (χ2n) is 4.57. The van der Waals surface area contributed by atoms with E-state index in [1.165, 1.54) is 0 Å². The normalized spacial score (nSPS) is 12.4. The molecule has 0 aliphatic carbocycles. The Hall–Kier alpha value is -2.37. The number of benzene rings is 1. The summed E-state index contributed by atoms with van der Waals surface area (Å²) in [6, 6.07) is 11.6. The monoisotopic (exact) mass is 265 g/mol. The number of nitrogens with zero attached hydrogens (tertiary/aromatic N) is 3. The van der Waals surface area contributed by atoms with Gasteiger partial charge in [-0.15, -0.1) is 0 Å². The molecule has 2 heterocycles. The predicted molar refractivity (Wildman–Crippen MR) is 77.5 cm³/mol. The van der Waals surface area contributed by atoms with Crippen molar-refractivity contribution in [2.24, 2.45) is 5.84 Å². The van der Waals surface area contributed by atoms with Crippen LogP contribution >= 0.6 is 0 Å². The molecule has 5 heteroatoms. The Morgan fingerprint density at radius 3 is 2.65 bits per heavy atom. The van der Waals surface area contributed by atoms with Crippen LogP contribution in [0.15, 0.2) is 55.0 Å². The van der Waals surface area contributed by atoms with Crippen LogP contribution in [-0.2, 0) is 6.42 Å². The molecule has 2 aromatic heterocycles. The summed E-state index contributed by atoms with van der Waals surface area (Å²) in [5.41, 5.74) is 6.49. The summed E-state index contributed by atoms with van der Waals surface area (Å²) < 4.78 is 0. The summed E-state index contributed by atoms with van der Waals surface area (Å²) in [6.45, 7) is 0. The van der Waals surface area contributed by atoms with Gasteiger partial charge in [0, 0.05) is 12.4 Å². The quantitative estimate of drug-likeness (QED) is 0.555. The molecule has 5 nitrogen and oxygen atoms in total. The topological polar surface area (TPSA) is 76.7 Å². The van der Waals surface area contributed by atoms with Crippen molar-refractivity contribution in [3.63, 3.8) is 0 Å². The first-order valence-corrected chi connectivity index (χ1v) is 6.43. The Labute approximate surface area is 116 Å². The third-order valence-corrected chi connectivity index (χ3v) is 3.19. The molecule has 20 heavy (non-hydrogen) atoms. The van der Waals surface area contributed by atoms with Crippen molar-refractivity contribution in [1.29, 1.82) is 0 Å². The third-order valence-electron chi connectivity index (χ3n) is 3.19. The fraction of sp³-hybridized carbons (Fsp3) is 0.133. The number of nitrogens with one attached hydrogen (secondary N) is 1. The van der Waals surface area contributed by atoms with E-state index >= 15 is 0 Å². The molecule has 0 amide bonds. The highest BCUT2D eigenvalue weighted by molar-refractivity contribution is 5.73. The van der Waals surface area contributed by atoms with Crippen LogP contribution in [0, 0.1) is 0 Å². The van der Waals surface area contributed by atoms with Crippen molar-refractivity contribution < 1.29 is 0 Å². The van der Waals surface area contributed by atoms with E-state index in [2.05, 4.69) is 20.4 Å². The maximum Gasteiger partial charge on any atom is 0.0890 e. The average Bonchev–Trinajstić information content (AvgIpc) is 2.53. The summed E-state index contributed by atoms with van der Waals surface area (Å²) >= 11 is 0. The zero-order valence-electron chi connectivity index (χ0n) is 10.9. The minimum Gasteiger partial charge on any atom is -0.271 e. The second-order valence-corrected chi connectivity index (χ2v) is 4.57. The molecular formula is C15H15N5. The van der Waals surface area contributed by atoms with Crippen LogP contribution < -0.4 is 11.3 Å². The van der Waals surface area contributed by atoms with Crippen LogP contribution in [0.4, 0.5) is 0 Å². The van der Waals surface area contributed by atoms with Crippen molar-refractivity contribution in [2.75, 3.05) is 0 Å².